The quantitative estimate of drug-likeness (QED) is 0.770. The van der Waals surface area contributed by atoms with Gasteiger partial charge in [0.05, 0.1) is 5.00 Å². The molecule has 1 amide bonds. The van der Waals surface area contributed by atoms with Crippen LogP contribution in [0.25, 0.3) is 0 Å². The molecule has 7 heteroatoms. The Labute approximate surface area is 78.6 Å². The molecule has 1 heterocycles. The molecule has 1 aromatic rings. The van der Waals surface area contributed by atoms with Crippen LogP contribution in [-0.2, 0) is 15.0 Å². The summed E-state index contributed by atoms with van der Waals surface area (Å²) in [6, 6.07) is 2.43. The number of carbonyl (C=O) groups excluding carboxylic acids is 1. The van der Waals surface area contributed by atoms with E-state index in [1.54, 1.807) is 0 Å². The molecule has 1 aromatic heterocycles. The summed E-state index contributed by atoms with van der Waals surface area (Å²) in [6.45, 7) is 1.28. The fourth-order valence-corrected chi connectivity index (χ4v) is 2.27. The van der Waals surface area contributed by atoms with Crippen LogP contribution >= 0.6 is 11.3 Å². The third kappa shape index (κ3) is 2.78. The molecule has 0 aliphatic carbocycles. The number of anilines is 1. The van der Waals surface area contributed by atoms with Crippen molar-refractivity contribution in [1.82, 2.24) is 0 Å². The van der Waals surface area contributed by atoms with E-state index in [1.807, 2.05) is 0 Å². The number of hydrogen-bond donors (Lipinski definition) is 1. The molecule has 0 aromatic carbocycles. The van der Waals surface area contributed by atoms with Crippen LogP contribution in [0, 0.1) is 0 Å². The van der Waals surface area contributed by atoms with Crippen molar-refractivity contribution < 1.29 is 17.1 Å². The first kappa shape index (κ1) is 10.1. The van der Waals surface area contributed by atoms with Crippen LogP contribution in [0.15, 0.2) is 16.3 Å². The molecule has 0 saturated carbocycles. The first-order valence-corrected chi connectivity index (χ1v) is 5.41. The molecule has 0 unspecified atom stereocenters. The maximum absolute atomic E-state index is 12.3. The molecule has 0 saturated heterocycles. The lowest BCUT2D eigenvalue weighted by atomic mass is 10.6. The minimum absolute atomic E-state index is 0.309. The summed E-state index contributed by atoms with van der Waals surface area (Å²) in [6.07, 6.45) is 0. The number of rotatable bonds is 2. The first-order valence-electron chi connectivity index (χ1n) is 3.21. The van der Waals surface area contributed by atoms with Gasteiger partial charge in [0, 0.05) is 6.92 Å². The van der Waals surface area contributed by atoms with Crippen molar-refractivity contribution in [3.8, 4) is 0 Å². The molecular weight excluding hydrogens is 217 g/mol. The number of thiophene rings is 1. The highest BCUT2D eigenvalue weighted by Crippen LogP contribution is 2.26. The summed E-state index contributed by atoms with van der Waals surface area (Å²) in [4.78, 5) is 10.5. The number of nitrogens with one attached hydrogen (secondary N) is 1. The Bertz CT molecular complexity index is 423. The molecule has 1 rings (SSSR count). The van der Waals surface area contributed by atoms with E-state index in [0.717, 1.165) is 6.07 Å². The van der Waals surface area contributed by atoms with Crippen LogP contribution in [0.2, 0.25) is 0 Å². The fraction of sp³-hybridized carbons (Fsp3) is 0.167. The lowest BCUT2D eigenvalue weighted by molar-refractivity contribution is -0.114. The summed E-state index contributed by atoms with van der Waals surface area (Å²) in [5, 5.41) is 2.65. The zero-order valence-corrected chi connectivity index (χ0v) is 8.21. The highest BCUT2D eigenvalue weighted by Gasteiger charge is 2.14. The van der Waals surface area contributed by atoms with E-state index in [0.29, 0.717) is 16.3 Å². The Hall–Kier alpha value is -0.950. The minimum atomic E-state index is -4.65. The summed E-state index contributed by atoms with van der Waals surface area (Å²) >= 11 is 0.673. The third-order valence-electron chi connectivity index (χ3n) is 1.12. The van der Waals surface area contributed by atoms with Crippen molar-refractivity contribution in [2.24, 2.45) is 0 Å². The van der Waals surface area contributed by atoms with Crippen molar-refractivity contribution in [2.75, 3.05) is 5.32 Å². The largest absolute Gasteiger partial charge is 0.341 e. The van der Waals surface area contributed by atoms with Gasteiger partial charge in [-0.3, -0.25) is 4.79 Å². The van der Waals surface area contributed by atoms with Gasteiger partial charge in [0.1, 0.15) is 0 Å². The molecule has 1 N–H and O–H groups in total. The average molecular weight is 223 g/mol. The minimum Gasteiger partial charge on any atom is -0.318 e. The van der Waals surface area contributed by atoms with E-state index < -0.39 is 14.4 Å². The van der Waals surface area contributed by atoms with Gasteiger partial charge < -0.3 is 5.32 Å². The monoisotopic (exact) mass is 223 g/mol. The Balaban J connectivity index is 2.94. The highest BCUT2D eigenvalue weighted by molar-refractivity contribution is 7.88. The second kappa shape index (κ2) is 3.43. The topological polar surface area (TPSA) is 63.2 Å². The van der Waals surface area contributed by atoms with Gasteiger partial charge in [-0.05, 0) is 12.1 Å². The smallest absolute Gasteiger partial charge is 0.318 e. The number of carbonyl (C=O) groups is 1. The van der Waals surface area contributed by atoms with Gasteiger partial charge in [-0.25, -0.2) is 0 Å². The summed E-state index contributed by atoms with van der Waals surface area (Å²) in [7, 11) is -4.65. The second-order valence-corrected chi connectivity index (χ2v) is 4.90. The maximum Gasteiger partial charge on any atom is 0.341 e. The fourth-order valence-electron chi connectivity index (χ4n) is 0.692. The van der Waals surface area contributed by atoms with Crippen LogP contribution in [-0.4, -0.2) is 14.3 Å². The Kier molecular flexibility index (Phi) is 2.67. The van der Waals surface area contributed by atoms with E-state index in [4.69, 9.17) is 0 Å². The van der Waals surface area contributed by atoms with Crippen LogP contribution in [0.4, 0.5) is 8.89 Å². The molecule has 0 aliphatic heterocycles. The van der Waals surface area contributed by atoms with E-state index in [2.05, 4.69) is 5.32 Å². The van der Waals surface area contributed by atoms with Crippen LogP contribution in [0.3, 0.4) is 0 Å². The van der Waals surface area contributed by atoms with Gasteiger partial charge in [0.2, 0.25) is 5.91 Å². The Morgan fingerprint density at radius 3 is 2.54 bits per heavy atom. The molecule has 0 fully saturated rings. The Morgan fingerprint density at radius 2 is 2.15 bits per heavy atom. The lowest BCUT2D eigenvalue weighted by Gasteiger charge is -1.93. The van der Waals surface area contributed by atoms with E-state index in [1.165, 1.54) is 13.0 Å². The van der Waals surface area contributed by atoms with Gasteiger partial charge in [0.15, 0.2) is 4.21 Å². The van der Waals surface area contributed by atoms with Crippen LogP contribution in [0.1, 0.15) is 6.92 Å². The zero-order valence-electron chi connectivity index (χ0n) is 6.57. The van der Waals surface area contributed by atoms with Gasteiger partial charge >= 0.3 is 10.2 Å². The molecule has 72 valence electrons. The van der Waals surface area contributed by atoms with E-state index in [-0.39, 0.29) is 5.91 Å². The van der Waals surface area contributed by atoms with Crippen LogP contribution in [0.5, 0.6) is 0 Å². The van der Waals surface area contributed by atoms with Gasteiger partial charge in [-0.2, -0.15) is 8.42 Å². The predicted molar refractivity (Wildman–Crippen MR) is 46.9 cm³/mol. The molecule has 0 atom stereocenters. The summed E-state index contributed by atoms with van der Waals surface area (Å²) in [5.41, 5.74) is 0. The van der Waals surface area contributed by atoms with Crippen molar-refractivity contribution in [3.05, 3.63) is 12.1 Å². The highest BCUT2D eigenvalue weighted by atomic mass is 32.3. The molecule has 4 nitrogen and oxygen atoms in total. The number of amides is 1. The summed E-state index contributed by atoms with van der Waals surface area (Å²) < 4.78 is 32.7. The molecule has 0 aliphatic rings. The molecule has 0 spiro atoms. The normalized spacial score (nSPS) is 11.2. The molecule has 13 heavy (non-hydrogen) atoms. The van der Waals surface area contributed by atoms with Gasteiger partial charge in [-0.1, -0.05) is 3.89 Å². The number of halogens is 1. The number of hydrogen-bond acceptors (Lipinski definition) is 4. The van der Waals surface area contributed by atoms with Gasteiger partial charge in [0.25, 0.3) is 0 Å². The van der Waals surface area contributed by atoms with Crippen molar-refractivity contribution in [1.29, 1.82) is 0 Å². The predicted octanol–water partition coefficient (Wildman–Crippen LogP) is 1.36. The SMILES string of the molecule is CC(=O)Nc1ccc(S(=O)(=O)F)s1. The third-order valence-corrected chi connectivity index (χ3v) is 3.38. The second-order valence-electron chi connectivity index (χ2n) is 2.24. The lowest BCUT2D eigenvalue weighted by Crippen LogP contribution is -2.03. The van der Waals surface area contributed by atoms with Crippen molar-refractivity contribution >= 4 is 32.5 Å². The molecule has 0 radical (unpaired) electrons. The zero-order chi connectivity index (χ0) is 10.1. The van der Waals surface area contributed by atoms with Crippen molar-refractivity contribution in [3.63, 3.8) is 0 Å². The molecular formula is C6H6FNO3S2. The summed E-state index contributed by atoms with van der Waals surface area (Å²) in [5.74, 6) is -0.329. The standard InChI is InChI=1S/C6H6FNO3S2/c1-4(9)8-5-2-3-6(12-5)13(7,10)11/h2-3H,1H3,(H,8,9). The first-order chi connectivity index (χ1) is 5.89. The Morgan fingerprint density at radius 1 is 1.54 bits per heavy atom. The van der Waals surface area contributed by atoms with E-state index >= 15 is 0 Å². The maximum atomic E-state index is 12.3. The van der Waals surface area contributed by atoms with Crippen molar-refractivity contribution in [2.45, 2.75) is 11.1 Å². The van der Waals surface area contributed by atoms with Gasteiger partial charge in [-0.15, -0.1) is 11.3 Å². The molecule has 0 bridgehead atoms. The van der Waals surface area contributed by atoms with Crippen LogP contribution < -0.4 is 5.32 Å². The van der Waals surface area contributed by atoms with E-state index in [9.17, 15) is 17.1 Å². The average Bonchev–Trinajstić information content (AvgIpc) is 2.32.